The molecule has 1 fully saturated rings. The van der Waals surface area contributed by atoms with E-state index in [2.05, 4.69) is 15.3 Å². The summed E-state index contributed by atoms with van der Waals surface area (Å²) in [7, 11) is 0. The fraction of sp³-hybridized carbons (Fsp3) is 0.500. The zero-order valence-corrected chi connectivity index (χ0v) is 12.3. The average molecular weight is 287 g/mol. The van der Waals surface area contributed by atoms with Crippen molar-refractivity contribution in [3.05, 3.63) is 30.1 Å². The van der Waals surface area contributed by atoms with Gasteiger partial charge >= 0.3 is 0 Å². The summed E-state index contributed by atoms with van der Waals surface area (Å²) in [6.07, 6.45) is 3.35. The zero-order chi connectivity index (χ0) is 14.7. The normalized spacial score (nSPS) is 19.8. The third-order valence-corrected chi connectivity index (χ3v) is 3.94. The Morgan fingerprint density at radius 1 is 1.52 bits per heavy atom. The Balaban J connectivity index is 1.50. The van der Waals surface area contributed by atoms with E-state index in [4.69, 9.17) is 4.74 Å². The second-order valence-corrected chi connectivity index (χ2v) is 5.61. The Labute approximate surface area is 124 Å². The van der Waals surface area contributed by atoms with Crippen molar-refractivity contribution in [1.29, 1.82) is 0 Å². The van der Waals surface area contributed by atoms with E-state index in [1.165, 1.54) is 0 Å². The molecule has 2 N–H and O–H groups in total. The molecular formula is C16H21N3O2. The number of carbonyl (C=O) groups is 1. The molecule has 0 unspecified atom stereocenters. The Bertz CT molecular complexity index is 584. The van der Waals surface area contributed by atoms with E-state index >= 15 is 0 Å². The zero-order valence-electron chi connectivity index (χ0n) is 12.3. The van der Waals surface area contributed by atoms with Gasteiger partial charge in [0.1, 0.15) is 5.82 Å². The number of amides is 1. The summed E-state index contributed by atoms with van der Waals surface area (Å²) in [5.41, 5.74) is 1.96. The van der Waals surface area contributed by atoms with E-state index in [1.807, 2.05) is 31.2 Å². The monoisotopic (exact) mass is 287 g/mol. The number of fused-ring (bicyclic) bond motifs is 1. The van der Waals surface area contributed by atoms with Crippen LogP contribution in [0.15, 0.2) is 24.3 Å². The van der Waals surface area contributed by atoms with Crippen molar-refractivity contribution >= 4 is 16.9 Å². The van der Waals surface area contributed by atoms with Crippen LogP contribution in [0, 0.1) is 0 Å². The van der Waals surface area contributed by atoms with Gasteiger partial charge in [-0.1, -0.05) is 12.1 Å². The van der Waals surface area contributed by atoms with E-state index in [0.29, 0.717) is 12.8 Å². The fourth-order valence-electron chi connectivity index (χ4n) is 2.77. The second kappa shape index (κ2) is 6.26. The molecule has 5 heteroatoms. The van der Waals surface area contributed by atoms with Crippen LogP contribution in [-0.4, -0.2) is 34.6 Å². The third-order valence-electron chi connectivity index (χ3n) is 3.94. The van der Waals surface area contributed by atoms with Crippen LogP contribution in [0.2, 0.25) is 0 Å². The van der Waals surface area contributed by atoms with Gasteiger partial charge in [-0.3, -0.25) is 4.79 Å². The highest BCUT2D eigenvalue weighted by atomic mass is 16.5. The van der Waals surface area contributed by atoms with E-state index in [1.54, 1.807) is 0 Å². The number of carbonyl (C=O) groups excluding carboxylic acids is 1. The lowest BCUT2D eigenvalue weighted by atomic mass is 10.1. The molecule has 2 atom stereocenters. The van der Waals surface area contributed by atoms with Crippen molar-refractivity contribution in [3.8, 4) is 0 Å². The maximum absolute atomic E-state index is 12.0. The first kappa shape index (κ1) is 14.1. The number of nitrogens with one attached hydrogen (secondary N) is 2. The van der Waals surface area contributed by atoms with Crippen molar-refractivity contribution in [2.45, 2.75) is 44.8 Å². The number of aromatic amines is 1. The fourth-order valence-corrected chi connectivity index (χ4v) is 2.77. The molecule has 0 aliphatic carbocycles. The highest BCUT2D eigenvalue weighted by Crippen LogP contribution is 2.15. The van der Waals surface area contributed by atoms with Crippen LogP contribution in [0.1, 0.15) is 32.0 Å². The molecule has 0 saturated carbocycles. The van der Waals surface area contributed by atoms with Crippen molar-refractivity contribution in [2.75, 3.05) is 6.61 Å². The van der Waals surface area contributed by atoms with Crippen LogP contribution in [0.4, 0.5) is 0 Å². The number of aromatic nitrogens is 2. The minimum Gasteiger partial charge on any atom is -0.376 e. The largest absolute Gasteiger partial charge is 0.376 e. The molecule has 2 aromatic rings. The molecular weight excluding hydrogens is 266 g/mol. The summed E-state index contributed by atoms with van der Waals surface area (Å²) in [4.78, 5) is 19.7. The van der Waals surface area contributed by atoms with Crippen LogP contribution in [0.5, 0.6) is 0 Å². The van der Waals surface area contributed by atoms with E-state index in [0.717, 1.165) is 36.3 Å². The van der Waals surface area contributed by atoms with Crippen molar-refractivity contribution < 1.29 is 9.53 Å². The molecule has 1 aliphatic rings. The van der Waals surface area contributed by atoms with Gasteiger partial charge in [-0.25, -0.2) is 4.98 Å². The number of rotatable bonds is 5. The molecule has 21 heavy (non-hydrogen) atoms. The SMILES string of the molecule is C[C@@H](NC(=O)CCc1nc2ccccc2[nH]1)[C@H]1CCCO1. The number of hydrogen-bond acceptors (Lipinski definition) is 3. The summed E-state index contributed by atoms with van der Waals surface area (Å²) < 4.78 is 5.59. The molecule has 0 radical (unpaired) electrons. The Kier molecular flexibility index (Phi) is 4.20. The smallest absolute Gasteiger partial charge is 0.220 e. The molecule has 1 saturated heterocycles. The van der Waals surface area contributed by atoms with Gasteiger partial charge in [0.25, 0.3) is 0 Å². The van der Waals surface area contributed by atoms with Gasteiger partial charge in [0.15, 0.2) is 0 Å². The van der Waals surface area contributed by atoms with Crippen LogP contribution in [-0.2, 0) is 16.0 Å². The Morgan fingerprint density at radius 3 is 3.14 bits per heavy atom. The molecule has 112 valence electrons. The minimum atomic E-state index is 0.0541. The molecule has 3 rings (SSSR count). The molecule has 1 amide bonds. The lowest BCUT2D eigenvalue weighted by molar-refractivity contribution is -0.122. The number of imidazole rings is 1. The van der Waals surface area contributed by atoms with Crippen LogP contribution in [0.3, 0.4) is 0 Å². The first-order chi connectivity index (χ1) is 10.2. The molecule has 2 heterocycles. The lowest BCUT2D eigenvalue weighted by Gasteiger charge is -2.19. The summed E-state index contributed by atoms with van der Waals surface area (Å²) in [5, 5.41) is 3.02. The molecule has 1 aliphatic heterocycles. The van der Waals surface area contributed by atoms with E-state index in [9.17, 15) is 4.79 Å². The first-order valence-electron chi connectivity index (χ1n) is 7.57. The number of H-pyrrole nitrogens is 1. The average Bonchev–Trinajstić information content (AvgIpc) is 3.14. The van der Waals surface area contributed by atoms with Gasteiger partial charge in [-0.2, -0.15) is 0 Å². The highest BCUT2D eigenvalue weighted by molar-refractivity contribution is 5.77. The number of aryl methyl sites for hydroxylation is 1. The number of hydrogen-bond donors (Lipinski definition) is 2. The van der Waals surface area contributed by atoms with Gasteiger partial charge in [0.2, 0.25) is 5.91 Å². The molecule has 0 bridgehead atoms. The topological polar surface area (TPSA) is 67.0 Å². The van der Waals surface area contributed by atoms with Gasteiger partial charge in [-0.05, 0) is 31.9 Å². The number of para-hydroxylation sites is 2. The van der Waals surface area contributed by atoms with Gasteiger partial charge in [0, 0.05) is 19.4 Å². The Morgan fingerprint density at radius 2 is 2.38 bits per heavy atom. The maximum Gasteiger partial charge on any atom is 0.220 e. The van der Waals surface area contributed by atoms with Crippen LogP contribution in [0.25, 0.3) is 11.0 Å². The predicted molar refractivity (Wildman–Crippen MR) is 81.0 cm³/mol. The lowest BCUT2D eigenvalue weighted by Crippen LogP contribution is -2.40. The van der Waals surface area contributed by atoms with Crippen molar-refractivity contribution in [3.63, 3.8) is 0 Å². The summed E-state index contributed by atoms with van der Waals surface area (Å²) in [6, 6.07) is 7.97. The van der Waals surface area contributed by atoms with Crippen molar-refractivity contribution in [2.24, 2.45) is 0 Å². The summed E-state index contributed by atoms with van der Waals surface area (Å²) in [6.45, 7) is 2.82. The quantitative estimate of drug-likeness (QED) is 0.885. The number of ether oxygens (including phenoxy) is 1. The van der Waals surface area contributed by atoms with E-state index < -0.39 is 0 Å². The van der Waals surface area contributed by atoms with Crippen LogP contribution < -0.4 is 5.32 Å². The molecule has 1 aromatic heterocycles. The first-order valence-corrected chi connectivity index (χ1v) is 7.57. The maximum atomic E-state index is 12.0. The molecule has 0 spiro atoms. The molecule has 1 aromatic carbocycles. The number of benzene rings is 1. The Hall–Kier alpha value is -1.88. The second-order valence-electron chi connectivity index (χ2n) is 5.61. The summed E-state index contributed by atoms with van der Waals surface area (Å²) in [5.74, 6) is 0.912. The van der Waals surface area contributed by atoms with Gasteiger partial charge in [0.05, 0.1) is 23.2 Å². The standard InChI is InChI=1S/C16H21N3O2/c1-11(14-7-4-10-21-14)17-16(20)9-8-15-18-12-5-2-3-6-13(12)19-15/h2-3,5-6,11,14H,4,7-10H2,1H3,(H,17,20)(H,18,19)/t11-,14-/m1/s1. The summed E-state index contributed by atoms with van der Waals surface area (Å²) >= 11 is 0. The predicted octanol–water partition coefficient (Wildman–Crippen LogP) is 2.18. The van der Waals surface area contributed by atoms with Crippen molar-refractivity contribution in [1.82, 2.24) is 15.3 Å². The minimum absolute atomic E-state index is 0.0541. The number of nitrogens with zero attached hydrogens (tertiary/aromatic N) is 1. The van der Waals surface area contributed by atoms with Gasteiger partial charge < -0.3 is 15.0 Å². The highest BCUT2D eigenvalue weighted by Gasteiger charge is 2.23. The van der Waals surface area contributed by atoms with Gasteiger partial charge in [-0.15, -0.1) is 0 Å². The van der Waals surface area contributed by atoms with Crippen LogP contribution >= 0.6 is 0 Å². The van der Waals surface area contributed by atoms with E-state index in [-0.39, 0.29) is 18.1 Å². The molecule has 5 nitrogen and oxygen atoms in total. The third kappa shape index (κ3) is 3.42.